The molecule has 2 aliphatic rings. The molecular formula is C24H33ClN4OS. The van der Waals surface area contributed by atoms with Gasteiger partial charge in [0.2, 0.25) is 0 Å². The van der Waals surface area contributed by atoms with Crippen LogP contribution in [0, 0.1) is 0 Å². The Kier molecular flexibility index (Phi) is 8.50. The van der Waals surface area contributed by atoms with E-state index in [1.165, 1.54) is 6.42 Å². The summed E-state index contributed by atoms with van der Waals surface area (Å²) in [4.78, 5) is 22.5. The molecule has 2 heterocycles. The van der Waals surface area contributed by atoms with Crippen molar-refractivity contribution in [2.24, 2.45) is 10.7 Å². The van der Waals surface area contributed by atoms with Crippen molar-refractivity contribution >= 4 is 41.2 Å². The van der Waals surface area contributed by atoms with E-state index in [-0.39, 0.29) is 18.0 Å². The Morgan fingerprint density at radius 2 is 2.03 bits per heavy atom. The summed E-state index contributed by atoms with van der Waals surface area (Å²) in [6.45, 7) is 10.1. The Bertz CT molecular complexity index is 855. The van der Waals surface area contributed by atoms with Gasteiger partial charge in [0.25, 0.3) is 5.91 Å². The van der Waals surface area contributed by atoms with Crippen LogP contribution in [0.15, 0.2) is 47.2 Å². The van der Waals surface area contributed by atoms with Gasteiger partial charge in [0, 0.05) is 47.7 Å². The minimum atomic E-state index is -0.102. The Morgan fingerprint density at radius 1 is 1.32 bits per heavy atom. The summed E-state index contributed by atoms with van der Waals surface area (Å²) >= 11 is 8.29. The van der Waals surface area contributed by atoms with Gasteiger partial charge < -0.3 is 15.5 Å². The summed E-state index contributed by atoms with van der Waals surface area (Å²) < 4.78 is 0. The number of rotatable bonds is 7. The number of carbonyl (C=O) groups is 1. The van der Waals surface area contributed by atoms with Gasteiger partial charge in [0.05, 0.1) is 11.3 Å². The highest BCUT2D eigenvalue weighted by molar-refractivity contribution is 7.99. The predicted octanol–water partition coefficient (Wildman–Crippen LogP) is 4.78. The number of thioether (sulfide) groups is 1. The van der Waals surface area contributed by atoms with Crippen LogP contribution in [-0.4, -0.2) is 58.6 Å². The molecule has 2 N–H and O–H groups in total. The lowest BCUT2D eigenvalue weighted by Gasteiger charge is -2.33. The minimum Gasteiger partial charge on any atom is -0.398 e. The van der Waals surface area contributed by atoms with E-state index in [9.17, 15) is 4.79 Å². The van der Waals surface area contributed by atoms with Gasteiger partial charge in [-0.1, -0.05) is 36.4 Å². The van der Waals surface area contributed by atoms with Crippen molar-refractivity contribution in [1.29, 1.82) is 0 Å². The zero-order chi connectivity index (χ0) is 22.4. The molecule has 1 aromatic carbocycles. The lowest BCUT2D eigenvalue weighted by molar-refractivity contribution is -0.130. The summed E-state index contributed by atoms with van der Waals surface area (Å²) in [6.07, 6.45) is 6.09. The molecule has 3 rings (SSSR count). The third kappa shape index (κ3) is 5.86. The molecule has 1 aromatic rings. The number of hydrogen-bond acceptors (Lipinski definition) is 5. The quantitative estimate of drug-likeness (QED) is 0.469. The van der Waals surface area contributed by atoms with Gasteiger partial charge in [0.1, 0.15) is 5.82 Å². The second-order valence-electron chi connectivity index (χ2n) is 8.35. The molecule has 2 saturated heterocycles. The Hall–Kier alpha value is -1.92. The van der Waals surface area contributed by atoms with Crippen molar-refractivity contribution < 1.29 is 4.79 Å². The van der Waals surface area contributed by atoms with Crippen LogP contribution in [0.5, 0.6) is 0 Å². The van der Waals surface area contributed by atoms with E-state index in [4.69, 9.17) is 17.3 Å². The third-order valence-corrected chi connectivity index (χ3v) is 7.31. The maximum Gasteiger partial charge on any atom is 0.258 e. The largest absolute Gasteiger partial charge is 0.398 e. The maximum atomic E-state index is 13.8. The van der Waals surface area contributed by atoms with E-state index in [0.29, 0.717) is 27.7 Å². The number of halogens is 1. The molecule has 5 nitrogen and oxygen atoms in total. The molecule has 0 saturated carbocycles. The smallest absolute Gasteiger partial charge is 0.258 e. The topological polar surface area (TPSA) is 61.9 Å². The number of carbonyl (C=O) groups excluding carboxylic acids is 1. The second-order valence-corrected chi connectivity index (χ2v) is 9.91. The van der Waals surface area contributed by atoms with Crippen LogP contribution in [0.4, 0.5) is 0 Å². The van der Waals surface area contributed by atoms with E-state index in [0.717, 1.165) is 43.9 Å². The van der Waals surface area contributed by atoms with Crippen molar-refractivity contribution in [1.82, 2.24) is 9.80 Å². The number of nitrogens with two attached hydrogens (primary N) is 1. The first-order valence-electron chi connectivity index (χ1n) is 11.0. The molecule has 0 radical (unpaired) electrons. The van der Waals surface area contributed by atoms with Gasteiger partial charge >= 0.3 is 0 Å². The van der Waals surface area contributed by atoms with Gasteiger partial charge in [-0.05, 0) is 51.3 Å². The fourth-order valence-corrected chi connectivity index (χ4v) is 5.58. The van der Waals surface area contributed by atoms with Gasteiger partial charge in [-0.3, -0.25) is 4.79 Å². The monoisotopic (exact) mass is 460 g/mol. The van der Waals surface area contributed by atoms with Crippen molar-refractivity contribution in [2.75, 3.05) is 24.6 Å². The first-order valence-corrected chi connectivity index (χ1v) is 12.6. The highest BCUT2D eigenvalue weighted by Gasteiger charge is 2.31. The van der Waals surface area contributed by atoms with E-state index in [2.05, 4.69) is 16.5 Å². The molecule has 1 atom stereocenters. The molecule has 168 valence electrons. The van der Waals surface area contributed by atoms with Crippen LogP contribution in [-0.2, 0) is 4.79 Å². The summed E-state index contributed by atoms with van der Waals surface area (Å²) in [5.74, 6) is 2.58. The summed E-state index contributed by atoms with van der Waals surface area (Å²) in [7, 11) is 0. The van der Waals surface area contributed by atoms with Crippen LogP contribution in [0.1, 0.15) is 45.1 Å². The highest BCUT2D eigenvalue weighted by atomic mass is 35.5. The molecule has 0 aromatic heterocycles. The fourth-order valence-electron chi connectivity index (χ4n) is 4.14. The Morgan fingerprint density at radius 3 is 2.65 bits per heavy atom. The molecule has 0 spiro atoms. The average Bonchev–Trinajstić information content (AvgIpc) is 3.28. The molecule has 2 fully saturated rings. The van der Waals surface area contributed by atoms with Gasteiger partial charge in [-0.15, -0.1) is 0 Å². The Balaban J connectivity index is 1.98. The molecular weight excluding hydrogens is 428 g/mol. The van der Waals surface area contributed by atoms with Gasteiger partial charge in [-0.25, -0.2) is 4.99 Å². The normalized spacial score (nSPS) is 20.3. The number of hydrogen-bond donors (Lipinski definition) is 1. The molecule has 1 amide bonds. The number of piperidine rings is 1. The third-order valence-electron chi connectivity index (χ3n) is 5.84. The fraction of sp³-hybridized carbons (Fsp3) is 0.500. The minimum absolute atomic E-state index is 0.0592. The predicted molar refractivity (Wildman–Crippen MR) is 133 cm³/mol. The van der Waals surface area contributed by atoms with E-state index in [1.807, 2.05) is 48.7 Å². The maximum absolute atomic E-state index is 13.8. The zero-order valence-electron chi connectivity index (χ0n) is 18.5. The van der Waals surface area contributed by atoms with E-state index in [1.54, 1.807) is 12.3 Å². The lowest BCUT2D eigenvalue weighted by atomic mass is 10.0. The number of amides is 1. The number of aliphatic imine (C=N–C) groups is 1. The van der Waals surface area contributed by atoms with Crippen molar-refractivity contribution in [2.45, 2.75) is 51.6 Å². The van der Waals surface area contributed by atoms with Crippen LogP contribution in [0.2, 0.25) is 5.02 Å². The molecule has 7 heteroatoms. The van der Waals surface area contributed by atoms with Gasteiger partial charge in [-0.2, -0.15) is 11.8 Å². The summed E-state index contributed by atoms with van der Waals surface area (Å²) in [5, 5.41) is 0.515. The first kappa shape index (κ1) is 23.7. The molecule has 0 aliphatic carbocycles. The number of nitrogens with zero attached hydrogens (tertiary/aromatic N) is 3. The van der Waals surface area contributed by atoms with Crippen LogP contribution in [0.3, 0.4) is 0 Å². The van der Waals surface area contributed by atoms with Gasteiger partial charge in [0.15, 0.2) is 0 Å². The SMILES string of the molecule is C=C(N=C/C(C(=O)N(C(C)C)C1CCSC1)=C(\N)c1ccccc1Cl)N1CCCCC1. The van der Waals surface area contributed by atoms with Crippen molar-refractivity contribution in [3.8, 4) is 0 Å². The second kappa shape index (κ2) is 11.1. The van der Waals surface area contributed by atoms with E-state index < -0.39 is 0 Å². The average molecular weight is 461 g/mol. The van der Waals surface area contributed by atoms with Crippen molar-refractivity contribution in [3.63, 3.8) is 0 Å². The van der Waals surface area contributed by atoms with Crippen molar-refractivity contribution in [3.05, 3.63) is 52.8 Å². The molecule has 2 aliphatic heterocycles. The summed E-state index contributed by atoms with van der Waals surface area (Å²) in [6, 6.07) is 7.60. The van der Waals surface area contributed by atoms with Crippen LogP contribution < -0.4 is 5.73 Å². The standard InChI is InChI=1S/C24H33ClN4OS/c1-17(2)29(19-11-14-31-16-19)24(30)21(23(26)20-9-5-6-10-22(20)25)15-27-18(3)28-12-7-4-8-13-28/h5-6,9-10,15,17,19H,3-4,7-8,11-14,16,26H2,1-2H3/b23-21+,27-15?. The van der Waals surface area contributed by atoms with Crippen LogP contribution in [0.25, 0.3) is 5.70 Å². The molecule has 0 bridgehead atoms. The molecule has 1 unspecified atom stereocenters. The first-order chi connectivity index (χ1) is 14.9. The zero-order valence-corrected chi connectivity index (χ0v) is 20.1. The summed E-state index contributed by atoms with van der Waals surface area (Å²) in [5.41, 5.74) is 7.92. The highest BCUT2D eigenvalue weighted by Crippen LogP contribution is 2.28. The lowest BCUT2D eigenvalue weighted by Crippen LogP contribution is -2.46. The number of likely N-dealkylation sites (tertiary alicyclic amines) is 1. The Labute approximate surface area is 195 Å². The molecule has 31 heavy (non-hydrogen) atoms. The van der Waals surface area contributed by atoms with E-state index >= 15 is 0 Å². The number of benzene rings is 1. The van der Waals surface area contributed by atoms with Crippen LogP contribution >= 0.6 is 23.4 Å².